The van der Waals surface area contributed by atoms with E-state index < -0.39 is 0 Å². The summed E-state index contributed by atoms with van der Waals surface area (Å²) in [5, 5.41) is 11.7. The highest BCUT2D eigenvalue weighted by atomic mass is 16.1. The number of carbonyl (C=O) groups is 1. The zero-order valence-electron chi connectivity index (χ0n) is 13.1. The molecular weight excluding hydrogens is 264 g/mol. The monoisotopic (exact) mass is 288 g/mol. The molecule has 0 radical (unpaired) electrons. The lowest BCUT2D eigenvalue weighted by Crippen LogP contribution is -2.40. The number of nitrogens with one attached hydrogen (secondary N) is 1. The molecule has 1 fully saturated rings. The molecule has 1 atom stereocenters. The number of aryl methyl sites for hydroxylation is 1. The van der Waals surface area contributed by atoms with E-state index in [1.165, 1.54) is 18.4 Å². The summed E-state index contributed by atoms with van der Waals surface area (Å²) in [6.07, 6.45) is 6.08. The molecule has 0 bridgehead atoms. The molecule has 2 aliphatic rings. The second kappa shape index (κ2) is 5.62. The van der Waals surface area contributed by atoms with Gasteiger partial charge in [0.15, 0.2) is 0 Å². The molecule has 1 aliphatic heterocycles. The average molecular weight is 288 g/mol. The highest BCUT2D eigenvalue weighted by molar-refractivity contribution is 5.88. The number of hydrogen-bond acceptors (Lipinski definition) is 3. The fourth-order valence-corrected chi connectivity index (χ4v) is 3.00. The van der Waals surface area contributed by atoms with Crippen LogP contribution in [0, 0.1) is 5.92 Å². The zero-order chi connectivity index (χ0) is 15.0. The molecule has 5 heteroatoms. The molecule has 1 unspecified atom stereocenters. The largest absolute Gasteiger partial charge is 0.348 e. The van der Waals surface area contributed by atoms with Gasteiger partial charge in [0.1, 0.15) is 11.6 Å². The van der Waals surface area contributed by atoms with Crippen molar-refractivity contribution in [3.8, 4) is 0 Å². The lowest BCUT2D eigenvalue weighted by Gasteiger charge is -2.25. The van der Waals surface area contributed by atoms with Crippen molar-refractivity contribution in [1.82, 2.24) is 20.1 Å². The Balaban J connectivity index is 1.64. The Bertz CT molecular complexity index is 569. The van der Waals surface area contributed by atoms with E-state index in [9.17, 15) is 4.79 Å². The van der Waals surface area contributed by atoms with Crippen LogP contribution in [0.1, 0.15) is 57.6 Å². The molecule has 3 rings (SSSR count). The van der Waals surface area contributed by atoms with Gasteiger partial charge in [0.2, 0.25) is 5.91 Å². The molecule has 0 saturated heterocycles. The van der Waals surface area contributed by atoms with Crippen LogP contribution in [-0.2, 0) is 17.8 Å². The summed E-state index contributed by atoms with van der Waals surface area (Å²) in [6.45, 7) is 7.10. The Morgan fingerprint density at radius 3 is 2.76 bits per heavy atom. The van der Waals surface area contributed by atoms with E-state index in [0.29, 0.717) is 11.8 Å². The lowest BCUT2D eigenvalue weighted by atomic mass is 10.1. The van der Waals surface area contributed by atoms with Gasteiger partial charge in [-0.05, 0) is 32.1 Å². The number of aromatic nitrogens is 3. The third kappa shape index (κ3) is 3.17. The van der Waals surface area contributed by atoms with Gasteiger partial charge in [-0.25, -0.2) is 0 Å². The van der Waals surface area contributed by atoms with Gasteiger partial charge >= 0.3 is 0 Å². The summed E-state index contributed by atoms with van der Waals surface area (Å²) >= 11 is 0. The highest BCUT2D eigenvalue weighted by Crippen LogP contribution is 2.35. The third-order valence-corrected chi connectivity index (χ3v) is 4.42. The Labute approximate surface area is 125 Å². The number of allylic oxidation sites excluding steroid dienone is 1. The van der Waals surface area contributed by atoms with Gasteiger partial charge in [0.05, 0.1) is 0 Å². The predicted octanol–water partition coefficient (Wildman–Crippen LogP) is 2.19. The van der Waals surface area contributed by atoms with Crippen molar-refractivity contribution in [3.63, 3.8) is 0 Å². The second-order valence-electron chi connectivity index (χ2n) is 6.65. The van der Waals surface area contributed by atoms with E-state index >= 15 is 0 Å². The van der Waals surface area contributed by atoms with E-state index in [1.807, 2.05) is 0 Å². The van der Waals surface area contributed by atoms with Crippen LogP contribution in [0.3, 0.4) is 0 Å². The lowest BCUT2D eigenvalue weighted by molar-refractivity contribution is -0.117. The van der Waals surface area contributed by atoms with Crippen molar-refractivity contribution >= 4 is 5.91 Å². The normalized spacial score (nSPS) is 22.3. The van der Waals surface area contributed by atoms with Gasteiger partial charge in [0.25, 0.3) is 0 Å². The number of amides is 1. The van der Waals surface area contributed by atoms with Crippen molar-refractivity contribution in [2.75, 3.05) is 0 Å². The second-order valence-corrected chi connectivity index (χ2v) is 6.65. The van der Waals surface area contributed by atoms with Gasteiger partial charge in [-0.15, -0.1) is 10.2 Å². The Kier molecular flexibility index (Phi) is 3.83. The van der Waals surface area contributed by atoms with Gasteiger partial charge in [-0.1, -0.05) is 19.4 Å². The number of hydrogen-bond donors (Lipinski definition) is 1. The maximum Gasteiger partial charge on any atom is 0.244 e. The maximum atomic E-state index is 12.1. The Morgan fingerprint density at radius 2 is 2.10 bits per heavy atom. The van der Waals surface area contributed by atoms with E-state index in [-0.39, 0.29) is 11.9 Å². The topological polar surface area (TPSA) is 59.8 Å². The van der Waals surface area contributed by atoms with Crippen LogP contribution in [-0.4, -0.2) is 26.7 Å². The molecule has 21 heavy (non-hydrogen) atoms. The van der Waals surface area contributed by atoms with Crippen molar-refractivity contribution in [3.05, 3.63) is 23.3 Å². The van der Waals surface area contributed by atoms with Crippen molar-refractivity contribution in [1.29, 1.82) is 0 Å². The summed E-state index contributed by atoms with van der Waals surface area (Å²) in [6, 6.07) is 0.182. The van der Waals surface area contributed by atoms with Crippen molar-refractivity contribution in [2.45, 2.75) is 65.0 Å². The summed E-state index contributed by atoms with van der Waals surface area (Å²) in [5.41, 5.74) is 1.22. The first-order valence-corrected chi connectivity index (χ1v) is 7.95. The number of fused-ring (bicyclic) bond motifs is 1. The van der Waals surface area contributed by atoms with Crippen LogP contribution >= 0.6 is 0 Å². The van der Waals surface area contributed by atoms with Crippen LogP contribution in [0.5, 0.6) is 0 Å². The maximum absolute atomic E-state index is 12.1. The van der Waals surface area contributed by atoms with Gasteiger partial charge < -0.3 is 9.88 Å². The summed E-state index contributed by atoms with van der Waals surface area (Å²) in [4.78, 5) is 12.1. The van der Waals surface area contributed by atoms with E-state index in [4.69, 9.17) is 0 Å². The summed E-state index contributed by atoms with van der Waals surface area (Å²) < 4.78 is 2.18. The Morgan fingerprint density at radius 1 is 1.33 bits per heavy atom. The van der Waals surface area contributed by atoms with Crippen LogP contribution < -0.4 is 5.32 Å². The van der Waals surface area contributed by atoms with Gasteiger partial charge in [-0.3, -0.25) is 4.79 Å². The van der Waals surface area contributed by atoms with Crippen LogP contribution in [0.4, 0.5) is 0 Å². The predicted molar refractivity (Wildman–Crippen MR) is 80.8 cm³/mol. The fraction of sp³-hybridized carbons (Fsp3) is 0.688. The number of rotatable bonds is 4. The standard InChI is InChI=1S/C16H24N4O/c1-10(2)16-19-18-14-7-6-13(9-20(14)16)17-15(21)8-11(3)12-4-5-12/h8,10,12-13H,4-7,9H2,1-3H3,(H,17,21)/b11-8+. The smallest absolute Gasteiger partial charge is 0.244 e. The van der Waals surface area contributed by atoms with Crippen LogP contribution in [0.15, 0.2) is 11.6 Å². The molecule has 1 N–H and O–H groups in total. The Hall–Kier alpha value is -1.65. The average Bonchev–Trinajstić information content (AvgIpc) is 3.18. The molecule has 1 aromatic rings. The molecule has 1 aromatic heterocycles. The molecule has 5 nitrogen and oxygen atoms in total. The van der Waals surface area contributed by atoms with E-state index in [2.05, 4.69) is 40.9 Å². The molecule has 0 aromatic carbocycles. The first kappa shape index (κ1) is 14.3. The molecule has 2 heterocycles. The first-order chi connectivity index (χ1) is 10.0. The minimum atomic E-state index is 0.0482. The van der Waals surface area contributed by atoms with Crippen LogP contribution in [0.2, 0.25) is 0 Å². The zero-order valence-corrected chi connectivity index (χ0v) is 13.1. The molecule has 0 spiro atoms. The molecule has 1 amide bonds. The first-order valence-electron chi connectivity index (χ1n) is 7.95. The minimum absolute atomic E-state index is 0.0482. The summed E-state index contributed by atoms with van der Waals surface area (Å²) in [5.74, 6) is 3.13. The quantitative estimate of drug-likeness (QED) is 0.864. The molecule has 1 aliphatic carbocycles. The molecule has 1 saturated carbocycles. The van der Waals surface area contributed by atoms with E-state index in [1.54, 1.807) is 6.08 Å². The van der Waals surface area contributed by atoms with Crippen molar-refractivity contribution < 1.29 is 4.79 Å². The number of nitrogens with zero attached hydrogens (tertiary/aromatic N) is 3. The number of carbonyl (C=O) groups excluding carboxylic acids is 1. The fourth-order valence-electron chi connectivity index (χ4n) is 3.00. The molecule has 114 valence electrons. The van der Waals surface area contributed by atoms with Gasteiger partial charge in [-0.2, -0.15) is 0 Å². The highest BCUT2D eigenvalue weighted by Gasteiger charge is 2.26. The minimum Gasteiger partial charge on any atom is -0.348 e. The molecular formula is C16H24N4O. The van der Waals surface area contributed by atoms with Crippen LogP contribution in [0.25, 0.3) is 0 Å². The third-order valence-electron chi connectivity index (χ3n) is 4.42. The SMILES string of the molecule is C/C(=C\C(=O)NC1CCc2nnc(C(C)C)n2C1)C1CC1. The van der Waals surface area contributed by atoms with E-state index in [0.717, 1.165) is 31.0 Å². The summed E-state index contributed by atoms with van der Waals surface area (Å²) in [7, 11) is 0. The van der Waals surface area contributed by atoms with Gasteiger partial charge in [0, 0.05) is 31.0 Å². The van der Waals surface area contributed by atoms with Crippen molar-refractivity contribution in [2.24, 2.45) is 5.92 Å².